The second kappa shape index (κ2) is 7.75. The van der Waals surface area contributed by atoms with Crippen molar-refractivity contribution in [3.63, 3.8) is 0 Å². The van der Waals surface area contributed by atoms with E-state index >= 15 is 0 Å². The first kappa shape index (κ1) is 18.7. The summed E-state index contributed by atoms with van der Waals surface area (Å²) in [6, 6.07) is 15.8. The second-order valence-electron chi connectivity index (χ2n) is 6.78. The first-order valence-electron chi connectivity index (χ1n) is 9.45. The number of para-hydroxylation sites is 1. The monoisotopic (exact) mass is 388 g/mol. The fraction of sp³-hybridized carbons (Fsp3) is 0.130. The van der Waals surface area contributed by atoms with Crippen molar-refractivity contribution in [2.75, 3.05) is 5.32 Å². The van der Waals surface area contributed by atoms with Crippen LogP contribution in [0.2, 0.25) is 0 Å². The van der Waals surface area contributed by atoms with Crippen LogP contribution in [0.25, 0.3) is 11.5 Å². The lowest BCUT2D eigenvalue weighted by Gasteiger charge is -2.14. The first-order valence-corrected chi connectivity index (χ1v) is 9.45. The van der Waals surface area contributed by atoms with Crippen molar-refractivity contribution in [3.8, 4) is 11.5 Å². The molecule has 1 N–H and O–H groups in total. The number of anilines is 1. The number of aromatic nitrogens is 3. The van der Waals surface area contributed by atoms with Crippen LogP contribution in [0.4, 0.5) is 10.1 Å². The number of nitrogens with zero attached hydrogens (tertiary/aromatic N) is 3. The van der Waals surface area contributed by atoms with Crippen LogP contribution in [-0.4, -0.2) is 20.3 Å². The van der Waals surface area contributed by atoms with Crippen molar-refractivity contribution in [3.05, 3.63) is 95.7 Å². The van der Waals surface area contributed by atoms with Gasteiger partial charge in [-0.2, -0.15) is 5.10 Å². The largest absolute Gasteiger partial charge is 0.321 e. The summed E-state index contributed by atoms with van der Waals surface area (Å²) < 4.78 is 17.1. The molecule has 0 aliphatic rings. The molecule has 0 fully saturated rings. The molecule has 0 aliphatic heterocycles. The average Bonchev–Trinajstić information content (AvgIpc) is 3.38. The Kier molecular flexibility index (Phi) is 4.99. The van der Waals surface area contributed by atoms with Gasteiger partial charge in [0.2, 0.25) is 0 Å². The van der Waals surface area contributed by atoms with E-state index in [0.29, 0.717) is 17.1 Å². The average molecular weight is 388 g/mol. The van der Waals surface area contributed by atoms with Gasteiger partial charge in [0.1, 0.15) is 11.4 Å². The van der Waals surface area contributed by atoms with Gasteiger partial charge >= 0.3 is 0 Å². The number of hydrogen-bond acceptors (Lipinski definition) is 2. The van der Waals surface area contributed by atoms with Crippen LogP contribution in [0.5, 0.6) is 0 Å². The molecule has 0 saturated heterocycles. The summed E-state index contributed by atoms with van der Waals surface area (Å²) in [6.45, 7) is 4.02. The van der Waals surface area contributed by atoms with Gasteiger partial charge in [-0.05, 0) is 54.8 Å². The van der Waals surface area contributed by atoms with Crippen molar-refractivity contribution in [2.45, 2.75) is 20.3 Å². The minimum absolute atomic E-state index is 0.264. The van der Waals surface area contributed by atoms with Gasteiger partial charge in [0.15, 0.2) is 5.82 Å². The van der Waals surface area contributed by atoms with E-state index in [4.69, 9.17) is 0 Å². The van der Waals surface area contributed by atoms with E-state index in [1.807, 2.05) is 49.6 Å². The number of aryl methyl sites for hydroxylation is 2. The Hall–Kier alpha value is -3.67. The molecular weight excluding hydrogens is 367 g/mol. The molecule has 2 aromatic carbocycles. The Morgan fingerprint density at radius 1 is 1.10 bits per heavy atom. The van der Waals surface area contributed by atoms with E-state index in [1.165, 1.54) is 18.3 Å². The van der Waals surface area contributed by atoms with E-state index in [9.17, 15) is 9.18 Å². The lowest BCUT2D eigenvalue weighted by molar-refractivity contribution is 0.102. The number of carbonyl (C=O) groups excluding carboxylic acids is 1. The van der Waals surface area contributed by atoms with Gasteiger partial charge in [-0.3, -0.25) is 4.79 Å². The Labute approximate surface area is 168 Å². The van der Waals surface area contributed by atoms with Gasteiger partial charge in [-0.1, -0.05) is 31.2 Å². The van der Waals surface area contributed by atoms with Gasteiger partial charge in [0, 0.05) is 18.1 Å². The van der Waals surface area contributed by atoms with Crippen LogP contribution in [0.15, 0.2) is 73.2 Å². The minimum atomic E-state index is -0.366. The number of benzene rings is 2. The molecule has 29 heavy (non-hydrogen) atoms. The molecule has 146 valence electrons. The third-order valence-electron chi connectivity index (χ3n) is 4.87. The Morgan fingerprint density at radius 2 is 1.86 bits per heavy atom. The smallest absolute Gasteiger partial charge is 0.261 e. The summed E-state index contributed by atoms with van der Waals surface area (Å²) in [6.07, 6.45) is 5.98. The highest BCUT2D eigenvalue weighted by molar-refractivity contribution is 6.07. The molecule has 0 saturated carbocycles. The molecule has 4 rings (SSSR count). The van der Waals surface area contributed by atoms with Gasteiger partial charge in [-0.25, -0.2) is 9.07 Å². The molecule has 0 unspecified atom stereocenters. The predicted octanol–water partition coefficient (Wildman–Crippen LogP) is 4.93. The van der Waals surface area contributed by atoms with Crippen molar-refractivity contribution in [1.82, 2.24) is 14.3 Å². The minimum Gasteiger partial charge on any atom is -0.321 e. The molecular formula is C23H21FN4O. The molecule has 2 heterocycles. The summed E-state index contributed by atoms with van der Waals surface area (Å²) in [4.78, 5) is 13.2. The van der Waals surface area contributed by atoms with Gasteiger partial charge in [0.25, 0.3) is 5.91 Å². The molecule has 0 atom stereocenters. The third-order valence-corrected chi connectivity index (χ3v) is 4.87. The highest BCUT2D eigenvalue weighted by Gasteiger charge is 2.21. The quantitative estimate of drug-likeness (QED) is 0.527. The zero-order valence-electron chi connectivity index (χ0n) is 16.3. The van der Waals surface area contributed by atoms with Crippen molar-refractivity contribution in [1.29, 1.82) is 0 Å². The van der Waals surface area contributed by atoms with E-state index < -0.39 is 0 Å². The Morgan fingerprint density at radius 3 is 2.59 bits per heavy atom. The molecule has 0 bridgehead atoms. The van der Waals surface area contributed by atoms with Crippen LogP contribution in [0, 0.1) is 12.7 Å². The summed E-state index contributed by atoms with van der Waals surface area (Å²) in [5, 5.41) is 7.42. The van der Waals surface area contributed by atoms with E-state index in [2.05, 4.69) is 17.3 Å². The summed E-state index contributed by atoms with van der Waals surface area (Å²) in [5.41, 5.74) is 3.82. The number of amides is 1. The van der Waals surface area contributed by atoms with Crippen LogP contribution < -0.4 is 5.32 Å². The Bertz CT molecular complexity index is 1160. The molecule has 0 radical (unpaired) electrons. The van der Waals surface area contributed by atoms with Crippen LogP contribution in [-0.2, 0) is 6.42 Å². The molecule has 4 aromatic rings. The number of rotatable bonds is 5. The number of carbonyl (C=O) groups is 1. The van der Waals surface area contributed by atoms with Crippen LogP contribution in [0.1, 0.15) is 28.4 Å². The SMILES string of the molecule is CCc1cccc(C)c1NC(=O)c1cnn(-c2cccc(F)c2)c1-n1cccc1. The van der Waals surface area contributed by atoms with E-state index in [-0.39, 0.29) is 11.7 Å². The summed E-state index contributed by atoms with van der Waals surface area (Å²) in [7, 11) is 0. The Balaban J connectivity index is 1.80. The van der Waals surface area contributed by atoms with Crippen molar-refractivity contribution in [2.24, 2.45) is 0 Å². The van der Waals surface area contributed by atoms with Gasteiger partial charge in [-0.15, -0.1) is 0 Å². The number of hydrogen-bond donors (Lipinski definition) is 1. The molecule has 0 spiro atoms. The third kappa shape index (κ3) is 3.57. The fourth-order valence-corrected chi connectivity index (χ4v) is 3.41. The molecule has 2 aromatic heterocycles. The zero-order chi connectivity index (χ0) is 20.4. The number of nitrogens with one attached hydrogen (secondary N) is 1. The molecule has 1 amide bonds. The highest BCUT2D eigenvalue weighted by Crippen LogP contribution is 2.25. The summed E-state index contributed by atoms with van der Waals surface area (Å²) >= 11 is 0. The highest BCUT2D eigenvalue weighted by atomic mass is 19.1. The van der Waals surface area contributed by atoms with E-state index in [1.54, 1.807) is 21.4 Å². The predicted molar refractivity (Wildman–Crippen MR) is 111 cm³/mol. The van der Waals surface area contributed by atoms with Gasteiger partial charge in [0.05, 0.1) is 11.9 Å². The van der Waals surface area contributed by atoms with Crippen molar-refractivity contribution >= 4 is 11.6 Å². The van der Waals surface area contributed by atoms with Gasteiger partial charge < -0.3 is 9.88 Å². The maximum absolute atomic E-state index is 13.8. The maximum Gasteiger partial charge on any atom is 0.261 e. The molecule has 6 heteroatoms. The normalized spacial score (nSPS) is 10.9. The van der Waals surface area contributed by atoms with Crippen molar-refractivity contribution < 1.29 is 9.18 Å². The van der Waals surface area contributed by atoms with E-state index in [0.717, 1.165) is 23.2 Å². The second-order valence-corrected chi connectivity index (χ2v) is 6.78. The molecule has 0 aliphatic carbocycles. The maximum atomic E-state index is 13.8. The number of halogens is 1. The summed E-state index contributed by atoms with van der Waals surface area (Å²) in [5.74, 6) is -0.0833. The first-order chi connectivity index (χ1) is 14.1. The standard InChI is InChI=1S/C23H21FN4O/c1-3-17-9-6-8-16(2)21(17)26-22(29)20-15-25-28(19-11-7-10-18(24)14-19)23(20)27-12-4-5-13-27/h4-15H,3H2,1-2H3,(H,26,29). The fourth-order valence-electron chi connectivity index (χ4n) is 3.41. The molecule has 5 nitrogen and oxygen atoms in total. The van der Waals surface area contributed by atoms with Crippen LogP contribution in [0.3, 0.4) is 0 Å². The lowest BCUT2D eigenvalue weighted by Crippen LogP contribution is -2.17. The zero-order valence-corrected chi connectivity index (χ0v) is 16.3. The van der Waals surface area contributed by atoms with Crippen LogP contribution >= 0.6 is 0 Å². The topological polar surface area (TPSA) is 51.9 Å². The lowest BCUT2D eigenvalue weighted by atomic mass is 10.1.